The summed E-state index contributed by atoms with van der Waals surface area (Å²) in [6, 6.07) is 2.49. The van der Waals surface area contributed by atoms with Crippen LogP contribution in [0.4, 0.5) is 0 Å². The van der Waals surface area contributed by atoms with E-state index in [9.17, 15) is 15.0 Å². The molecule has 1 amide bonds. The second-order valence-corrected chi connectivity index (χ2v) is 6.72. The second kappa shape index (κ2) is 6.98. The third kappa shape index (κ3) is 3.32. The molecule has 2 aromatic rings. The van der Waals surface area contributed by atoms with Crippen LogP contribution in [0.25, 0.3) is 5.57 Å². The first-order valence-electron chi connectivity index (χ1n) is 7.78. The number of phenols is 1. The van der Waals surface area contributed by atoms with Gasteiger partial charge in [-0.1, -0.05) is 23.2 Å². The molecule has 132 valence electrons. The molecule has 1 aromatic carbocycles. The Labute approximate surface area is 154 Å². The van der Waals surface area contributed by atoms with E-state index >= 15 is 0 Å². The van der Waals surface area contributed by atoms with Gasteiger partial charge in [-0.2, -0.15) is 0 Å². The molecule has 0 aliphatic carbocycles. The lowest BCUT2D eigenvalue weighted by Crippen LogP contribution is -2.34. The largest absolute Gasteiger partial charge is 0.506 e. The Balaban J connectivity index is 1.81. The van der Waals surface area contributed by atoms with Gasteiger partial charge in [-0.15, -0.1) is 0 Å². The van der Waals surface area contributed by atoms with Crippen molar-refractivity contribution in [1.82, 2.24) is 14.5 Å². The van der Waals surface area contributed by atoms with E-state index in [1.165, 1.54) is 12.1 Å². The third-order valence-corrected chi connectivity index (χ3v) is 4.80. The molecule has 2 heterocycles. The molecule has 1 aliphatic rings. The Morgan fingerprint density at radius 3 is 2.68 bits per heavy atom. The van der Waals surface area contributed by atoms with Gasteiger partial charge in [-0.25, -0.2) is 4.98 Å². The molecule has 0 spiro atoms. The molecule has 8 heteroatoms. The van der Waals surface area contributed by atoms with Crippen LogP contribution in [0.1, 0.15) is 18.9 Å². The molecule has 1 aromatic heterocycles. The zero-order valence-corrected chi connectivity index (χ0v) is 15.0. The number of aromatic nitrogens is 2. The van der Waals surface area contributed by atoms with Crippen molar-refractivity contribution in [3.05, 3.63) is 52.2 Å². The van der Waals surface area contributed by atoms with Gasteiger partial charge < -0.3 is 19.7 Å². The second-order valence-electron chi connectivity index (χ2n) is 5.87. The van der Waals surface area contributed by atoms with E-state index in [0.29, 0.717) is 30.1 Å². The number of carbonyl (C=O) groups is 1. The van der Waals surface area contributed by atoms with E-state index < -0.39 is 11.9 Å². The molecule has 25 heavy (non-hydrogen) atoms. The minimum atomic E-state index is -0.469. The standard InChI is InChI=1S/C17H17Cl2N3O3/c1-10-14(12-7-11(18)8-13(19)15(12)23)16(24)17(25)22(10)5-2-4-21-6-3-20-9-21/h3,6-10,23-24H,2,4-5H2,1H3. The topological polar surface area (TPSA) is 78.6 Å². The summed E-state index contributed by atoms with van der Waals surface area (Å²) in [6.07, 6.45) is 5.96. The summed E-state index contributed by atoms with van der Waals surface area (Å²) in [5, 5.41) is 20.9. The maximum absolute atomic E-state index is 12.4. The van der Waals surface area contributed by atoms with Gasteiger partial charge in [0.05, 0.1) is 17.4 Å². The van der Waals surface area contributed by atoms with Crippen LogP contribution >= 0.6 is 23.2 Å². The fourth-order valence-corrected chi connectivity index (χ4v) is 3.54. The van der Waals surface area contributed by atoms with Crippen LogP contribution < -0.4 is 0 Å². The molecule has 0 saturated heterocycles. The molecule has 6 nitrogen and oxygen atoms in total. The Bertz CT molecular complexity index is 834. The number of phenolic OH excluding ortho intramolecular Hbond substituents is 1. The minimum Gasteiger partial charge on any atom is -0.506 e. The van der Waals surface area contributed by atoms with Crippen molar-refractivity contribution in [3.63, 3.8) is 0 Å². The van der Waals surface area contributed by atoms with Crippen molar-refractivity contribution in [1.29, 1.82) is 0 Å². The predicted molar refractivity (Wildman–Crippen MR) is 95.7 cm³/mol. The fourth-order valence-electron chi connectivity index (χ4n) is 3.04. The van der Waals surface area contributed by atoms with Crippen molar-refractivity contribution >= 4 is 34.7 Å². The van der Waals surface area contributed by atoms with Crippen LogP contribution in [0, 0.1) is 0 Å². The lowest BCUT2D eigenvalue weighted by Gasteiger charge is -2.24. The molecule has 1 atom stereocenters. The van der Waals surface area contributed by atoms with Gasteiger partial charge in [0.15, 0.2) is 5.76 Å². The Hall–Kier alpha value is -2.18. The molecule has 0 fully saturated rings. The lowest BCUT2D eigenvalue weighted by atomic mass is 9.99. The van der Waals surface area contributed by atoms with E-state index in [1.807, 2.05) is 10.8 Å². The minimum absolute atomic E-state index is 0.0704. The highest BCUT2D eigenvalue weighted by Crippen LogP contribution is 2.41. The molecule has 1 unspecified atom stereocenters. The third-order valence-electron chi connectivity index (χ3n) is 4.30. The number of hydrogen-bond acceptors (Lipinski definition) is 4. The van der Waals surface area contributed by atoms with Crippen molar-refractivity contribution < 1.29 is 15.0 Å². The molecule has 2 N–H and O–H groups in total. The Kier molecular flexibility index (Phi) is 4.92. The summed E-state index contributed by atoms with van der Waals surface area (Å²) < 4.78 is 1.92. The Morgan fingerprint density at radius 2 is 2.00 bits per heavy atom. The average molecular weight is 382 g/mol. The van der Waals surface area contributed by atoms with Gasteiger partial charge in [0.1, 0.15) is 5.75 Å². The monoisotopic (exact) mass is 381 g/mol. The van der Waals surface area contributed by atoms with Gasteiger partial charge >= 0.3 is 0 Å². The number of hydrogen-bond donors (Lipinski definition) is 2. The normalized spacial score (nSPS) is 17.6. The van der Waals surface area contributed by atoms with Gasteiger partial charge in [0, 0.05) is 41.6 Å². The van der Waals surface area contributed by atoms with Crippen molar-refractivity contribution in [3.8, 4) is 5.75 Å². The smallest absolute Gasteiger partial charge is 0.289 e. The lowest BCUT2D eigenvalue weighted by molar-refractivity contribution is -0.129. The number of carbonyl (C=O) groups excluding carboxylic acids is 1. The molecule has 0 bridgehead atoms. The summed E-state index contributed by atoms with van der Waals surface area (Å²) >= 11 is 12.0. The molecule has 1 aliphatic heterocycles. The van der Waals surface area contributed by atoms with Crippen LogP contribution in [-0.2, 0) is 11.3 Å². The zero-order chi connectivity index (χ0) is 18.1. The summed E-state index contributed by atoms with van der Waals surface area (Å²) in [4.78, 5) is 18.0. The van der Waals surface area contributed by atoms with Crippen LogP contribution in [0.3, 0.4) is 0 Å². The number of halogens is 2. The molecular formula is C17H17Cl2N3O3. The maximum Gasteiger partial charge on any atom is 0.289 e. The highest BCUT2D eigenvalue weighted by atomic mass is 35.5. The van der Waals surface area contributed by atoms with Crippen molar-refractivity contribution in [2.45, 2.75) is 25.9 Å². The van der Waals surface area contributed by atoms with E-state index in [1.54, 1.807) is 24.3 Å². The molecule has 0 saturated carbocycles. The first kappa shape index (κ1) is 17.6. The van der Waals surface area contributed by atoms with E-state index in [2.05, 4.69) is 4.98 Å². The van der Waals surface area contributed by atoms with Gasteiger partial charge in [-0.3, -0.25) is 4.79 Å². The summed E-state index contributed by atoms with van der Waals surface area (Å²) in [6.45, 7) is 2.96. The number of aliphatic hydroxyl groups excluding tert-OH is 1. The number of aromatic hydroxyl groups is 1. The summed E-state index contributed by atoms with van der Waals surface area (Å²) in [5.41, 5.74) is 0.600. The van der Waals surface area contributed by atoms with E-state index in [4.69, 9.17) is 23.2 Å². The SMILES string of the molecule is CC1C(c2cc(Cl)cc(Cl)c2O)=C(O)C(=O)N1CCCn1ccnc1. The first-order chi connectivity index (χ1) is 11.9. The summed E-state index contributed by atoms with van der Waals surface area (Å²) in [5.74, 6) is -1.06. The number of benzene rings is 1. The van der Waals surface area contributed by atoms with Crippen LogP contribution in [0.2, 0.25) is 10.0 Å². The number of imidazole rings is 1. The van der Waals surface area contributed by atoms with Crippen LogP contribution in [0.5, 0.6) is 5.75 Å². The Morgan fingerprint density at radius 1 is 1.24 bits per heavy atom. The number of rotatable bonds is 5. The molecular weight excluding hydrogens is 365 g/mol. The first-order valence-corrected chi connectivity index (χ1v) is 8.54. The highest BCUT2D eigenvalue weighted by Gasteiger charge is 2.38. The quantitative estimate of drug-likeness (QED) is 0.830. The molecule has 0 radical (unpaired) electrons. The van der Waals surface area contributed by atoms with Crippen molar-refractivity contribution in [2.75, 3.05) is 6.54 Å². The van der Waals surface area contributed by atoms with Crippen LogP contribution in [0.15, 0.2) is 36.6 Å². The predicted octanol–water partition coefficient (Wildman–Crippen LogP) is 3.49. The van der Waals surface area contributed by atoms with Gasteiger partial charge in [0.2, 0.25) is 0 Å². The highest BCUT2D eigenvalue weighted by molar-refractivity contribution is 6.36. The zero-order valence-electron chi connectivity index (χ0n) is 13.5. The molecule has 3 rings (SSSR count). The van der Waals surface area contributed by atoms with Gasteiger partial charge in [0.25, 0.3) is 5.91 Å². The van der Waals surface area contributed by atoms with Crippen LogP contribution in [-0.4, -0.2) is 43.2 Å². The number of aryl methyl sites for hydroxylation is 1. The average Bonchev–Trinajstić information content (AvgIpc) is 3.14. The number of aliphatic hydroxyl groups is 1. The van der Waals surface area contributed by atoms with E-state index in [0.717, 1.165) is 0 Å². The fraction of sp³-hybridized carbons (Fsp3) is 0.294. The van der Waals surface area contributed by atoms with Crippen molar-refractivity contribution in [2.24, 2.45) is 0 Å². The van der Waals surface area contributed by atoms with E-state index in [-0.39, 0.29) is 22.1 Å². The number of nitrogens with zero attached hydrogens (tertiary/aromatic N) is 3. The van der Waals surface area contributed by atoms with Gasteiger partial charge in [-0.05, 0) is 25.5 Å². The summed E-state index contributed by atoms with van der Waals surface area (Å²) in [7, 11) is 0. The number of amides is 1. The maximum atomic E-state index is 12.4.